The predicted octanol–water partition coefficient (Wildman–Crippen LogP) is 4.18. The fourth-order valence-corrected chi connectivity index (χ4v) is 1.40. The van der Waals surface area contributed by atoms with Crippen LogP contribution in [0.25, 0.3) is 0 Å². The predicted molar refractivity (Wildman–Crippen MR) is 106 cm³/mol. The Kier molecular flexibility index (Phi) is 12.6. The molecule has 0 spiro atoms. The fourth-order valence-electron chi connectivity index (χ4n) is 1.40. The molecule has 0 amide bonds. The first-order chi connectivity index (χ1) is 12.9. The number of aliphatic hydroxyl groups is 1. The Morgan fingerprint density at radius 3 is 1.69 bits per heavy atom. The van der Waals surface area contributed by atoms with Gasteiger partial charge in [-0.15, -0.1) is 24.7 Å². The van der Waals surface area contributed by atoms with E-state index in [0.717, 1.165) is 0 Å². The molecule has 0 unspecified atom stereocenters. The average Bonchev–Trinajstić information content (AvgIpc) is 2.52. The first-order valence-electron chi connectivity index (χ1n) is 8.26. The Morgan fingerprint density at radius 2 is 1.41 bits per heavy atom. The Labute approximate surface area is 171 Å². The third kappa shape index (κ3) is 17.8. The molecule has 0 aliphatic rings. The Balaban J connectivity index is 0. The lowest BCUT2D eigenvalue weighted by Gasteiger charge is -2.22. The van der Waals surface area contributed by atoms with Crippen LogP contribution in [0.5, 0.6) is 0 Å². The van der Waals surface area contributed by atoms with Crippen LogP contribution >= 0.6 is 0 Å². The van der Waals surface area contributed by atoms with Gasteiger partial charge in [0.15, 0.2) is 0 Å². The van der Waals surface area contributed by atoms with Gasteiger partial charge in [-0.1, -0.05) is 30.3 Å². The number of hydrogen-bond donors (Lipinski definition) is 2. The zero-order valence-electron chi connectivity index (χ0n) is 16.8. The number of hydrogen-bond acceptors (Lipinski definition) is 4. The lowest BCUT2D eigenvalue weighted by atomic mass is 10.1. The van der Waals surface area contributed by atoms with Gasteiger partial charge in [-0.2, -0.15) is 21.6 Å². The van der Waals surface area contributed by atoms with Gasteiger partial charge in [0.25, 0.3) is 0 Å². The van der Waals surface area contributed by atoms with Crippen molar-refractivity contribution in [2.75, 3.05) is 0 Å². The summed E-state index contributed by atoms with van der Waals surface area (Å²) in [5, 5.41) is 8.88. The molecule has 0 bridgehead atoms. The fraction of sp³-hybridized carbons (Fsp3) is 0.500. The van der Waals surface area contributed by atoms with Crippen molar-refractivity contribution in [1.29, 1.82) is 0 Å². The molecule has 0 aliphatic carbocycles. The molecular formula is C20H27F3O5S. The molecule has 0 atom stereocenters. The van der Waals surface area contributed by atoms with Crippen LogP contribution in [0.1, 0.15) is 46.1 Å². The second-order valence-corrected chi connectivity index (χ2v) is 8.44. The van der Waals surface area contributed by atoms with Gasteiger partial charge in [0.05, 0.1) is 17.8 Å². The van der Waals surface area contributed by atoms with E-state index in [0.29, 0.717) is 19.4 Å². The van der Waals surface area contributed by atoms with E-state index in [2.05, 4.69) is 11.8 Å². The van der Waals surface area contributed by atoms with Gasteiger partial charge >= 0.3 is 15.6 Å². The normalized spacial score (nSPS) is 11.7. The number of ether oxygens (including phenoxy) is 1. The van der Waals surface area contributed by atoms with Crippen LogP contribution in [-0.4, -0.2) is 34.8 Å². The highest BCUT2D eigenvalue weighted by atomic mass is 32.2. The van der Waals surface area contributed by atoms with Gasteiger partial charge < -0.3 is 9.84 Å². The van der Waals surface area contributed by atoms with E-state index in [-0.39, 0.29) is 5.60 Å². The van der Waals surface area contributed by atoms with Crippen LogP contribution in [0.15, 0.2) is 30.3 Å². The number of rotatable bonds is 5. The van der Waals surface area contributed by atoms with Crippen LogP contribution < -0.4 is 0 Å². The molecule has 0 saturated heterocycles. The standard InChI is InChI=1S/C13H16O.C6H10O.CHF3O3S/c1-4-10-13(2,3)14-11-12-8-6-5-7-9-12;1-4-5-6(2,3)7;2-1(3,4)8(5,6)7/h1,5-9H,10-11H2,2-3H3;1,7H,5H2,2-3H3;(H,5,6,7). The highest BCUT2D eigenvalue weighted by Crippen LogP contribution is 2.20. The molecule has 0 fully saturated rings. The third-order valence-electron chi connectivity index (χ3n) is 2.83. The van der Waals surface area contributed by atoms with Gasteiger partial charge in [-0.3, -0.25) is 4.55 Å². The van der Waals surface area contributed by atoms with E-state index in [1.807, 2.05) is 44.2 Å². The molecule has 1 aromatic rings. The van der Waals surface area contributed by atoms with Crippen LogP contribution in [0.2, 0.25) is 0 Å². The summed E-state index contributed by atoms with van der Waals surface area (Å²) in [6.07, 6.45) is 11.2. The van der Waals surface area contributed by atoms with Gasteiger partial charge in [-0.05, 0) is 33.3 Å². The number of benzene rings is 1. The minimum atomic E-state index is -5.84. The number of alkyl halides is 3. The maximum Gasteiger partial charge on any atom is 0.522 e. The Bertz CT molecular complexity index is 766. The van der Waals surface area contributed by atoms with Crippen LogP contribution in [0.3, 0.4) is 0 Å². The zero-order chi connectivity index (χ0) is 23.4. The van der Waals surface area contributed by atoms with E-state index in [9.17, 15) is 13.2 Å². The summed E-state index contributed by atoms with van der Waals surface area (Å²) in [4.78, 5) is 0. The summed E-state index contributed by atoms with van der Waals surface area (Å²) in [6.45, 7) is 8.01. The Hall–Kier alpha value is -2.04. The molecule has 0 radical (unpaired) electrons. The molecule has 164 valence electrons. The molecular weight excluding hydrogens is 409 g/mol. The molecule has 0 aliphatic heterocycles. The summed E-state index contributed by atoms with van der Waals surface area (Å²) in [5.41, 5.74) is -5.27. The molecule has 0 aromatic heterocycles. The summed E-state index contributed by atoms with van der Waals surface area (Å²) < 4.78 is 63.3. The van der Waals surface area contributed by atoms with Crippen LogP contribution in [0.4, 0.5) is 13.2 Å². The number of halogens is 3. The summed E-state index contributed by atoms with van der Waals surface area (Å²) in [5.74, 6) is 4.98. The van der Waals surface area contributed by atoms with Crippen molar-refractivity contribution < 1.29 is 36.0 Å². The van der Waals surface area contributed by atoms with Gasteiger partial charge in [0.1, 0.15) is 0 Å². The zero-order valence-corrected chi connectivity index (χ0v) is 17.6. The van der Waals surface area contributed by atoms with Crippen molar-refractivity contribution in [3.63, 3.8) is 0 Å². The van der Waals surface area contributed by atoms with Gasteiger partial charge in [0, 0.05) is 12.8 Å². The molecule has 0 saturated carbocycles. The van der Waals surface area contributed by atoms with Crippen molar-refractivity contribution in [3.05, 3.63) is 35.9 Å². The SMILES string of the molecule is C#CCC(C)(C)O.C#CCC(C)(C)OCc1ccccc1.O=S(=O)(O)C(F)(F)F. The van der Waals surface area contributed by atoms with Crippen molar-refractivity contribution in [2.45, 2.75) is 63.9 Å². The molecule has 2 N–H and O–H groups in total. The highest BCUT2D eigenvalue weighted by Gasteiger charge is 2.44. The van der Waals surface area contributed by atoms with E-state index < -0.39 is 21.2 Å². The first kappa shape index (κ1) is 29.2. The van der Waals surface area contributed by atoms with Crippen LogP contribution in [-0.2, 0) is 21.5 Å². The van der Waals surface area contributed by atoms with E-state index in [4.69, 9.17) is 35.7 Å². The largest absolute Gasteiger partial charge is 0.522 e. The third-order valence-corrected chi connectivity index (χ3v) is 3.41. The summed E-state index contributed by atoms with van der Waals surface area (Å²) >= 11 is 0. The molecule has 0 heterocycles. The lowest BCUT2D eigenvalue weighted by molar-refractivity contribution is -0.0510. The minimum Gasteiger partial charge on any atom is -0.389 e. The maximum atomic E-state index is 10.7. The first-order valence-corrected chi connectivity index (χ1v) is 9.70. The van der Waals surface area contributed by atoms with E-state index in [1.54, 1.807) is 13.8 Å². The second kappa shape index (κ2) is 12.5. The summed E-state index contributed by atoms with van der Waals surface area (Å²) in [6, 6.07) is 10.1. The van der Waals surface area contributed by atoms with Crippen molar-refractivity contribution in [1.82, 2.24) is 0 Å². The van der Waals surface area contributed by atoms with Gasteiger partial charge in [-0.25, -0.2) is 0 Å². The molecule has 29 heavy (non-hydrogen) atoms. The topological polar surface area (TPSA) is 83.8 Å². The van der Waals surface area contributed by atoms with Crippen molar-refractivity contribution in [3.8, 4) is 24.7 Å². The maximum absolute atomic E-state index is 10.7. The van der Waals surface area contributed by atoms with Crippen molar-refractivity contribution in [2.24, 2.45) is 0 Å². The Morgan fingerprint density at radius 1 is 1.00 bits per heavy atom. The van der Waals surface area contributed by atoms with Crippen molar-refractivity contribution >= 4 is 10.1 Å². The smallest absolute Gasteiger partial charge is 0.389 e. The molecule has 5 nitrogen and oxygen atoms in total. The lowest BCUT2D eigenvalue weighted by Crippen LogP contribution is -2.23. The van der Waals surface area contributed by atoms with Gasteiger partial charge in [0.2, 0.25) is 0 Å². The van der Waals surface area contributed by atoms with E-state index >= 15 is 0 Å². The second-order valence-electron chi connectivity index (χ2n) is 7.03. The number of terminal acetylenes is 2. The highest BCUT2D eigenvalue weighted by molar-refractivity contribution is 7.86. The molecule has 1 rings (SSSR count). The average molecular weight is 436 g/mol. The van der Waals surface area contributed by atoms with Crippen LogP contribution in [0, 0.1) is 24.7 Å². The minimum absolute atomic E-state index is 0.232. The quantitative estimate of drug-likeness (QED) is 0.411. The molecule has 9 heteroatoms. The molecule has 1 aromatic carbocycles. The monoisotopic (exact) mass is 436 g/mol. The van der Waals surface area contributed by atoms with E-state index in [1.165, 1.54) is 5.56 Å². The summed E-state index contributed by atoms with van der Waals surface area (Å²) in [7, 11) is -5.84.